The number of allylic oxidation sites excluding steroid dienone is 22. The first-order valence-electron chi connectivity index (χ1n) is 39.5. The molecule has 5 atom stereocenters. The van der Waals surface area contributed by atoms with E-state index in [1.807, 2.05) is 0 Å². The normalized spacial score (nSPS) is 14.7. The third-order valence-corrected chi connectivity index (χ3v) is 18.3. The SMILES string of the molecule is CC/C=C\C/C=C\C/C=C\C/C=C\C/C=C\C/C=C\CCCCC(=O)OCC(COP(=O)(O)OCC(O)COP(=O)(O)OCC(O)COC(=O)CCCCCCCCCCCCCCC/C=C\C/C=C\C/C=C\C/C=C\C/C=C\CC)OC(=O)CCCCCCCCCCCCCCCCC. The molecule has 0 saturated carbocycles. The Morgan fingerprint density at radius 3 is 0.851 bits per heavy atom. The van der Waals surface area contributed by atoms with Crippen LogP contribution in [0.2, 0.25) is 0 Å². The minimum Gasteiger partial charge on any atom is -0.463 e. The van der Waals surface area contributed by atoms with Gasteiger partial charge in [-0.3, -0.25) is 32.5 Å². The van der Waals surface area contributed by atoms with Gasteiger partial charge in [-0.25, -0.2) is 9.13 Å². The zero-order valence-electron chi connectivity index (χ0n) is 63.3. The Kier molecular flexibility index (Phi) is 72.2. The topological polar surface area (TPSA) is 231 Å². The molecule has 0 aliphatic carbocycles. The Labute approximate surface area is 614 Å². The fraction of sp³-hybridized carbons (Fsp3) is 0.699. The van der Waals surface area contributed by atoms with Gasteiger partial charge in [0.1, 0.15) is 25.4 Å². The lowest BCUT2D eigenvalue weighted by Crippen LogP contribution is -2.30. The van der Waals surface area contributed by atoms with E-state index in [2.05, 4.69) is 154 Å². The summed E-state index contributed by atoms with van der Waals surface area (Å²) in [5.74, 6) is -1.62. The maximum absolute atomic E-state index is 13.0. The lowest BCUT2D eigenvalue weighted by molar-refractivity contribution is -0.161. The average molecular weight is 1460 g/mol. The number of carbonyl (C=O) groups is 3. The van der Waals surface area contributed by atoms with Crippen molar-refractivity contribution in [3.63, 3.8) is 0 Å². The maximum atomic E-state index is 13.0. The third kappa shape index (κ3) is 76.6. The molecule has 0 aliphatic heterocycles. The number of hydrogen-bond donors (Lipinski definition) is 4. The molecule has 16 nitrogen and oxygen atoms in total. The van der Waals surface area contributed by atoms with Crippen LogP contribution < -0.4 is 0 Å². The highest BCUT2D eigenvalue weighted by molar-refractivity contribution is 7.47. The van der Waals surface area contributed by atoms with E-state index in [1.165, 1.54) is 122 Å². The molecule has 0 spiro atoms. The van der Waals surface area contributed by atoms with Crippen LogP contribution in [0.25, 0.3) is 0 Å². The molecule has 0 rings (SSSR count). The summed E-state index contributed by atoms with van der Waals surface area (Å²) in [6, 6.07) is 0. The number of esters is 3. The smallest absolute Gasteiger partial charge is 0.463 e. The average Bonchev–Trinajstić information content (AvgIpc) is 1.09. The van der Waals surface area contributed by atoms with E-state index in [9.17, 15) is 43.5 Å². The van der Waals surface area contributed by atoms with E-state index < -0.39 is 91.5 Å². The Hall–Kier alpha value is -4.31. The number of phosphoric ester groups is 2. The van der Waals surface area contributed by atoms with Crippen LogP contribution in [0.4, 0.5) is 0 Å². The van der Waals surface area contributed by atoms with Gasteiger partial charge in [0.25, 0.3) is 0 Å². The molecule has 0 aromatic heterocycles. The number of aliphatic hydroxyl groups is 2. The summed E-state index contributed by atoms with van der Waals surface area (Å²) in [7, 11) is -9.80. The first-order chi connectivity index (χ1) is 49.2. The number of phosphoric acid groups is 2. The molecule has 580 valence electrons. The van der Waals surface area contributed by atoms with Gasteiger partial charge in [0, 0.05) is 19.3 Å². The fourth-order valence-corrected chi connectivity index (χ4v) is 12.0. The van der Waals surface area contributed by atoms with Gasteiger partial charge in [-0.05, 0) is 116 Å². The van der Waals surface area contributed by atoms with E-state index in [1.54, 1.807) is 0 Å². The molecular weight excluding hydrogens is 1310 g/mol. The van der Waals surface area contributed by atoms with E-state index in [-0.39, 0.29) is 19.3 Å². The third-order valence-electron chi connectivity index (χ3n) is 16.4. The maximum Gasteiger partial charge on any atom is 0.472 e. The minimum atomic E-state index is -4.94. The van der Waals surface area contributed by atoms with Crippen LogP contribution in [0.1, 0.15) is 316 Å². The highest BCUT2D eigenvalue weighted by atomic mass is 31.2. The fourth-order valence-electron chi connectivity index (χ4n) is 10.4. The van der Waals surface area contributed by atoms with Crippen LogP contribution >= 0.6 is 15.6 Å². The van der Waals surface area contributed by atoms with Crippen molar-refractivity contribution >= 4 is 33.6 Å². The second kappa shape index (κ2) is 75.4. The Bertz CT molecular complexity index is 2370. The van der Waals surface area contributed by atoms with E-state index in [0.29, 0.717) is 19.3 Å². The largest absolute Gasteiger partial charge is 0.472 e. The number of aliphatic hydroxyl groups excluding tert-OH is 2. The van der Waals surface area contributed by atoms with Crippen LogP contribution in [-0.2, 0) is 55.8 Å². The number of unbranched alkanes of at least 4 members (excludes halogenated alkanes) is 29. The summed E-state index contributed by atoms with van der Waals surface area (Å²) in [6.07, 6.45) is 90.7. The predicted molar refractivity (Wildman–Crippen MR) is 417 cm³/mol. The van der Waals surface area contributed by atoms with Gasteiger partial charge in [-0.15, -0.1) is 0 Å². The van der Waals surface area contributed by atoms with Crippen molar-refractivity contribution < 1.29 is 75.8 Å². The standard InChI is InChI=1S/C83H142O16P2/c1-4-7-10-13-16-19-22-25-28-30-32-34-35-36-37-38-39-40-41-43-45-46-49-51-54-57-60-63-66-69-81(86)93-72-78(84)73-95-100(89,90)96-74-79(85)75-97-101(91,92)98-77-80(99-83(88)71-68-65-62-59-56-53-48-27-24-21-18-15-12-9-6-3)76-94-82(87)70-67-64-61-58-55-52-50-47-44-42-33-31-29-26-23-20-17-14-11-8-5-2/h7-8,10-11,16-17,19-20,25-26,28-29,32-34,36-37,42,47,50,55,58,78-80,84-85H,4-6,9,12-15,18,21-24,27,30-31,35,38-41,43-46,48-49,51-54,56-57,59-77H2,1-3H3,(H,89,90)(H,91,92)/b10-7-,11-8-,19-16-,20-17-,28-25-,29-26-,34-32-,37-36-,42-33-,50-47-,58-55-. The molecule has 0 aromatic carbocycles. The zero-order chi connectivity index (χ0) is 73.7. The Balaban J connectivity index is 4.56. The van der Waals surface area contributed by atoms with Gasteiger partial charge in [0.05, 0.1) is 26.4 Å². The van der Waals surface area contributed by atoms with E-state index in [0.717, 1.165) is 135 Å². The van der Waals surface area contributed by atoms with Crippen LogP contribution in [0.15, 0.2) is 134 Å². The second-order valence-electron chi connectivity index (χ2n) is 26.1. The summed E-state index contributed by atoms with van der Waals surface area (Å²) in [5, 5.41) is 20.6. The van der Waals surface area contributed by atoms with Gasteiger partial charge in [0.15, 0.2) is 6.10 Å². The quantitative estimate of drug-likeness (QED) is 0.0146. The zero-order valence-corrected chi connectivity index (χ0v) is 65.1. The molecule has 0 bridgehead atoms. The van der Waals surface area contributed by atoms with Gasteiger partial charge in [0.2, 0.25) is 0 Å². The molecule has 0 saturated heterocycles. The van der Waals surface area contributed by atoms with Crippen molar-refractivity contribution in [2.24, 2.45) is 0 Å². The highest BCUT2D eigenvalue weighted by Crippen LogP contribution is 2.45. The first-order valence-corrected chi connectivity index (χ1v) is 42.5. The summed E-state index contributed by atoms with van der Waals surface area (Å²) in [4.78, 5) is 58.6. The number of carbonyl (C=O) groups excluding carboxylic acids is 3. The monoisotopic (exact) mass is 1460 g/mol. The Morgan fingerprint density at radius 1 is 0.287 bits per heavy atom. The first kappa shape index (κ1) is 96.7. The molecular formula is C83H142O16P2. The van der Waals surface area contributed by atoms with Crippen LogP contribution in [0.5, 0.6) is 0 Å². The summed E-state index contributed by atoms with van der Waals surface area (Å²) < 4.78 is 61.1. The molecule has 0 aromatic rings. The van der Waals surface area contributed by atoms with Crippen molar-refractivity contribution in [3.05, 3.63) is 134 Å². The molecule has 4 N–H and O–H groups in total. The second-order valence-corrected chi connectivity index (χ2v) is 29.0. The van der Waals surface area contributed by atoms with Crippen molar-refractivity contribution in [2.45, 2.75) is 334 Å². The molecule has 0 aliphatic rings. The molecule has 0 radical (unpaired) electrons. The van der Waals surface area contributed by atoms with E-state index in [4.69, 9.17) is 32.3 Å². The number of hydrogen-bond acceptors (Lipinski definition) is 14. The van der Waals surface area contributed by atoms with E-state index >= 15 is 0 Å². The minimum absolute atomic E-state index is 0.0956. The lowest BCUT2D eigenvalue weighted by atomic mass is 10.0. The van der Waals surface area contributed by atoms with Crippen molar-refractivity contribution in [2.75, 3.05) is 39.6 Å². The number of ether oxygens (including phenoxy) is 3. The van der Waals surface area contributed by atoms with Crippen LogP contribution in [0, 0.1) is 0 Å². The molecule has 0 heterocycles. The van der Waals surface area contributed by atoms with Gasteiger partial charge in [-0.2, -0.15) is 0 Å². The summed E-state index contributed by atoms with van der Waals surface area (Å²) >= 11 is 0. The molecule has 5 unspecified atom stereocenters. The van der Waals surface area contributed by atoms with Crippen molar-refractivity contribution in [3.8, 4) is 0 Å². The van der Waals surface area contributed by atoms with Crippen molar-refractivity contribution in [1.82, 2.24) is 0 Å². The van der Waals surface area contributed by atoms with Gasteiger partial charge >= 0.3 is 33.6 Å². The number of rotatable bonds is 74. The lowest BCUT2D eigenvalue weighted by Gasteiger charge is -2.21. The molecule has 0 fully saturated rings. The molecule has 18 heteroatoms. The highest BCUT2D eigenvalue weighted by Gasteiger charge is 2.29. The molecule has 0 amide bonds. The van der Waals surface area contributed by atoms with Crippen LogP contribution in [-0.4, -0.2) is 95.9 Å². The molecule has 101 heavy (non-hydrogen) atoms. The Morgan fingerprint density at radius 2 is 0.525 bits per heavy atom. The van der Waals surface area contributed by atoms with Gasteiger partial charge < -0.3 is 34.2 Å². The summed E-state index contributed by atoms with van der Waals surface area (Å²) in [5.41, 5.74) is 0. The summed E-state index contributed by atoms with van der Waals surface area (Å²) in [6.45, 7) is 2.42. The van der Waals surface area contributed by atoms with Crippen molar-refractivity contribution in [1.29, 1.82) is 0 Å². The predicted octanol–water partition coefficient (Wildman–Crippen LogP) is 23.1. The van der Waals surface area contributed by atoms with Gasteiger partial charge in [-0.1, -0.05) is 315 Å². The van der Waals surface area contributed by atoms with Crippen LogP contribution in [0.3, 0.4) is 0 Å².